The van der Waals surface area contributed by atoms with Gasteiger partial charge in [-0.2, -0.15) is 0 Å². The number of morpholine rings is 1. The summed E-state index contributed by atoms with van der Waals surface area (Å²) in [5.74, 6) is 2.17. The minimum Gasteiger partial charge on any atom is -0.497 e. The lowest BCUT2D eigenvalue weighted by Gasteiger charge is -2.33. The second kappa shape index (κ2) is 8.22. The first-order valence-electron chi connectivity index (χ1n) is 8.51. The van der Waals surface area contributed by atoms with Crippen LogP contribution in [-0.4, -0.2) is 53.3 Å². The minimum absolute atomic E-state index is 0.180. The van der Waals surface area contributed by atoms with Crippen LogP contribution in [0.1, 0.15) is 17.6 Å². The summed E-state index contributed by atoms with van der Waals surface area (Å²) in [6, 6.07) is 9.93. The number of sulfonamides is 1. The third-order valence-corrected chi connectivity index (χ3v) is 5.85. The van der Waals surface area contributed by atoms with Crippen molar-refractivity contribution < 1.29 is 22.3 Å². The Morgan fingerprint density at radius 1 is 1.15 bits per heavy atom. The van der Waals surface area contributed by atoms with Crippen LogP contribution >= 0.6 is 0 Å². The van der Waals surface area contributed by atoms with Crippen LogP contribution in [0.5, 0.6) is 5.75 Å². The van der Waals surface area contributed by atoms with Gasteiger partial charge in [-0.25, -0.2) is 13.1 Å². The molecule has 8 heteroatoms. The average molecular weight is 380 g/mol. The van der Waals surface area contributed by atoms with E-state index in [2.05, 4.69) is 9.62 Å². The van der Waals surface area contributed by atoms with Crippen molar-refractivity contribution in [3.63, 3.8) is 0 Å². The maximum atomic E-state index is 12.6. The van der Waals surface area contributed by atoms with E-state index in [1.807, 2.05) is 19.1 Å². The van der Waals surface area contributed by atoms with Crippen LogP contribution in [0.2, 0.25) is 0 Å². The largest absolute Gasteiger partial charge is 0.497 e. The van der Waals surface area contributed by atoms with Crippen molar-refractivity contribution in [2.45, 2.75) is 17.9 Å². The number of benzene rings is 1. The Labute approximate surface area is 153 Å². The Morgan fingerprint density at radius 2 is 1.85 bits per heavy atom. The molecular weight excluding hydrogens is 356 g/mol. The van der Waals surface area contributed by atoms with Crippen LogP contribution in [-0.2, 0) is 14.8 Å². The predicted octanol–water partition coefficient (Wildman–Crippen LogP) is 1.95. The molecule has 0 amide bonds. The van der Waals surface area contributed by atoms with Gasteiger partial charge in [0.1, 0.15) is 17.3 Å². The fraction of sp³-hybridized carbons (Fsp3) is 0.444. The second-order valence-electron chi connectivity index (χ2n) is 6.14. The second-order valence-corrected chi connectivity index (χ2v) is 7.91. The van der Waals surface area contributed by atoms with E-state index in [0.717, 1.165) is 24.6 Å². The van der Waals surface area contributed by atoms with Crippen molar-refractivity contribution in [1.29, 1.82) is 0 Å². The average Bonchev–Trinajstić information content (AvgIpc) is 3.09. The summed E-state index contributed by atoms with van der Waals surface area (Å²) in [5, 5.41) is 0. The van der Waals surface area contributed by atoms with Gasteiger partial charge >= 0.3 is 0 Å². The monoisotopic (exact) mass is 380 g/mol. The van der Waals surface area contributed by atoms with E-state index in [0.29, 0.717) is 19.0 Å². The van der Waals surface area contributed by atoms with E-state index >= 15 is 0 Å². The molecule has 0 saturated carbocycles. The highest BCUT2D eigenvalue weighted by Gasteiger charge is 2.27. The summed E-state index contributed by atoms with van der Waals surface area (Å²) in [7, 11) is -2.08. The van der Waals surface area contributed by atoms with E-state index in [1.165, 1.54) is 12.1 Å². The summed E-state index contributed by atoms with van der Waals surface area (Å²) in [6.07, 6.45) is 0. The number of methoxy groups -OCH3 is 1. The third kappa shape index (κ3) is 4.45. The first-order chi connectivity index (χ1) is 12.5. The zero-order valence-corrected chi connectivity index (χ0v) is 15.8. The summed E-state index contributed by atoms with van der Waals surface area (Å²) < 4.78 is 44.2. The molecule has 7 nitrogen and oxygen atoms in total. The van der Waals surface area contributed by atoms with Gasteiger partial charge in [-0.05, 0) is 43.3 Å². The van der Waals surface area contributed by atoms with Gasteiger partial charge in [-0.3, -0.25) is 4.90 Å². The number of aryl methyl sites for hydroxylation is 1. The van der Waals surface area contributed by atoms with E-state index in [1.54, 1.807) is 19.2 Å². The lowest BCUT2D eigenvalue weighted by molar-refractivity contribution is 0.0127. The summed E-state index contributed by atoms with van der Waals surface area (Å²) >= 11 is 0. The van der Waals surface area contributed by atoms with Crippen molar-refractivity contribution in [3.05, 3.63) is 47.9 Å². The SMILES string of the molecule is COc1ccc(S(=O)(=O)NC[C@@H](c2ccc(C)o2)N2CCOCC2)cc1. The van der Waals surface area contributed by atoms with Crippen LogP contribution in [0.15, 0.2) is 45.7 Å². The number of nitrogens with one attached hydrogen (secondary N) is 1. The van der Waals surface area contributed by atoms with Gasteiger partial charge < -0.3 is 13.9 Å². The number of ether oxygens (including phenoxy) is 2. The maximum absolute atomic E-state index is 12.6. The lowest BCUT2D eigenvalue weighted by Crippen LogP contribution is -2.43. The van der Waals surface area contributed by atoms with Crippen LogP contribution in [0.3, 0.4) is 0 Å². The molecule has 2 aromatic rings. The lowest BCUT2D eigenvalue weighted by atomic mass is 10.2. The Morgan fingerprint density at radius 3 is 2.42 bits per heavy atom. The molecule has 142 valence electrons. The highest BCUT2D eigenvalue weighted by molar-refractivity contribution is 7.89. The number of hydrogen-bond donors (Lipinski definition) is 1. The van der Waals surface area contributed by atoms with Crippen LogP contribution in [0.4, 0.5) is 0 Å². The molecule has 1 atom stereocenters. The van der Waals surface area contributed by atoms with Gasteiger partial charge in [0.15, 0.2) is 0 Å². The van der Waals surface area contributed by atoms with E-state index in [9.17, 15) is 8.42 Å². The maximum Gasteiger partial charge on any atom is 0.240 e. The van der Waals surface area contributed by atoms with Crippen LogP contribution in [0, 0.1) is 6.92 Å². The predicted molar refractivity (Wildman–Crippen MR) is 96.8 cm³/mol. The zero-order chi connectivity index (χ0) is 18.6. The van der Waals surface area contributed by atoms with E-state index < -0.39 is 10.0 Å². The van der Waals surface area contributed by atoms with Crippen molar-refractivity contribution in [2.24, 2.45) is 0 Å². The molecule has 0 radical (unpaired) electrons. The van der Waals surface area contributed by atoms with Gasteiger partial charge in [-0.15, -0.1) is 0 Å². The Hall–Kier alpha value is -1.87. The highest BCUT2D eigenvalue weighted by atomic mass is 32.2. The molecule has 2 heterocycles. The number of furan rings is 1. The van der Waals surface area contributed by atoms with Crippen LogP contribution in [0.25, 0.3) is 0 Å². The Balaban J connectivity index is 1.75. The quantitative estimate of drug-likeness (QED) is 0.791. The minimum atomic E-state index is -3.63. The van der Waals surface area contributed by atoms with Gasteiger partial charge in [0.05, 0.1) is 31.3 Å². The fourth-order valence-electron chi connectivity index (χ4n) is 2.96. The Kier molecular flexibility index (Phi) is 5.98. The molecule has 1 N–H and O–H groups in total. The first-order valence-corrected chi connectivity index (χ1v) is 10.00. The van der Waals surface area contributed by atoms with Crippen molar-refractivity contribution >= 4 is 10.0 Å². The summed E-state index contributed by atoms with van der Waals surface area (Å²) in [5.41, 5.74) is 0. The van der Waals surface area contributed by atoms with Crippen molar-refractivity contribution in [3.8, 4) is 5.75 Å². The topological polar surface area (TPSA) is 81.0 Å². The molecule has 26 heavy (non-hydrogen) atoms. The molecular formula is C18H24N2O5S. The number of rotatable bonds is 7. The van der Waals surface area contributed by atoms with E-state index in [-0.39, 0.29) is 17.5 Å². The number of hydrogen-bond acceptors (Lipinski definition) is 6. The normalized spacial score (nSPS) is 17.2. The molecule has 0 spiro atoms. The van der Waals surface area contributed by atoms with E-state index in [4.69, 9.17) is 13.9 Å². The van der Waals surface area contributed by atoms with Crippen LogP contribution < -0.4 is 9.46 Å². The van der Waals surface area contributed by atoms with Crippen molar-refractivity contribution in [2.75, 3.05) is 40.0 Å². The third-order valence-electron chi connectivity index (χ3n) is 4.41. The van der Waals surface area contributed by atoms with Gasteiger partial charge in [0.2, 0.25) is 10.0 Å². The molecule has 1 saturated heterocycles. The molecule has 1 fully saturated rings. The van der Waals surface area contributed by atoms with Gasteiger partial charge in [-0.1, -0.05) is 0 Å². The molecule has 0 aliphatic carbocycles. The number of nitrogens with zero attached hydrogens (tertiary/aromatic N) is 1. The smallest absolute Gasteiger partial charge is 0.240 e. The summed E-state index contributed by atoms with van der Waals surface area (Å²) in [6.45, 7) is 4.81. The molecule has 0 bridgehead atoms. The molecule has 1 aromatic heterocycles. The standard InChI is InChI=1S/C18H24N2O5S/c1-14-3-8-18(25-14)17(20-9-11-24-12-10-20)13-19-26(21,22)16-6-4-15(23-2)5-7-16/h3-8,17,19H,9-13H2,1-2H3/t17-/m0/s1. The fourth-order valence-corrected chi connectivity index (χ4v) is 4.00. The molecule has 1 aliphatic heterocycles. The summed E-state index contributed by atoms with van der Waals surface area (Å²) in [4.78, 5) is 2.38. The molecule has 1 aromatic carbocycles. The Bertz CT molecular complexity index is 810. The molecule has 1 aliphatic rings. The van der Waals surface area contributed by atoms with Gasteiger partial charge in [0.25, 0.3) is 0 Å². The highest BCUT2D eigenvalue weighted by Crippen LogP contribution is 2.24. The zero-order valence-electron chi connectivity index (χ0n) is 15.0. The first kappa shape index (κ1) is 18.9. The molecule has 0 unspecified atom stereocenters. The van der Waals surface area contributed by atoms with Gasteiger partial charge in [0, 0.05) is 19.6 Å². The molecule has 3 rings (SSSR count). The van der Waals surface area contributed by atoms with Crippen molar-refractivity contribution in [1.82, 2.24) is 9.62 Å².